The van der Waals surface area contributed by atoms with Gasteiger partial charge < -0.3 is 23.4 Å². The van der Waals surface area contributed by atoms with Gasteiger partial charge >= 0.3 is 17.2 Å². The van der Waals surface area contributed by atoms with Crippen molar-refractivity contribution in [3.8, 4) is 11.5 Å². The molecule has 0 bridgehead atoms. The van der Waals surface area contributed by atoms with Crippen LogP contribution in [0.5, 0.6) is 11.5 Å². The predicted octanol–water partition coefficient (Wildman–Crippen LogP) is 18.7. The third kappa shape index (κ3) is 16.3. The fraction of sp³-hybridized carbons (Fsp3) is 0.619. The second-order valence-corrected chi connectivity index (χ2v) is 30.5. The first-order valence-corrected chi connectivity index (χ1v) is 28.1. The summed E-state index contributed by atoms with van der Waals surface area (Å²) in [5, 5.41) is 0. The minimum absolute atomic E-state index is 0.0284. The molecule has 398 valence electrons. The average molecular weight is 1020 g/mol. The molecule has 0 spiro atoms. The third-order valence-electron chi connectivity index (χ3n) is 13.6. The van der Waals surface area contributed by atoms with Crippen LogP contribution in [0.2, 0.25) is 0 Å². The van der Waals surface area contributed by atoms with Gasteiger partial charge in [-0.2, -0.15) is 0 Å². The van der Waals surface area contributed by atoms with E-state index in [1.165, 1.54) is 66.8 Å². The van der Waals surface area contributed by atoms with Crippen molar-refractivity contribution in [2.24, 2.45) is 0 Å². The lowest BCUT2D eigenvalue weighted by atomic mass is 9.69. The van der Waals surface area contributed by atoms with Crippen molar-refractivity contribution in [1.82, 2.24) is 0 Å². The summed E-state index contributed by atoms with van der Waals surface area (Å²) in [5.41, 5.74) is 17.1. The van der Waals surface area contributed by atoms with E-state index in [1.807, 2.05) is 0 Å². The maximum atomic E-state index is 9.79. The van der Waals surface area contributed by atoms with Crippen LogP contribution in [0, 0.1) is 27.7 Å². The standard InChI is InChI=1S/C32H51O3P.C31H49O3P/c1-20-15-22(29(3,4)5)17-25(31(9,10)11)27(20)24(19-35-36(33)34)28-21(2)16-23(30(6,7)8)18-26(28)32(12,13)14;1-20-16-22(28(3,4)5)18-24(30(9,10)11)26(20)33-35(32-15)34-27-21(2)17-23(29(6,7)8)19-25(27)31(12,13)14/h15-18,24,33-34H,19H2,1-14H3;16-19H,1-15H3. The molecule has 0 radical (unpaired) electrons. The Labute approximate surface area is 437 Å². The Morgan fingerprint density at radius 3 is 0.859 bits per heavy atom. The molecule has 0 saturated carbocycles. The Balaban J connectivity index is 0.000000375. The fourth-order valence-electron chi connectivity index (χ4n) is 9.09. The number of hydrogen-bond donors (Lipinski definition) is 2. The number of rotatable bonds is 10. The Bertz CT molecular complexity index is 2290. The first-order valence-electron chi connectivity index (χ1n) is 25.8. The molecule has 0 aliphatic rings. The lowest BCUT2D eigenvalue weighted by molar-refractivity contribution is 0.245. The highest BCUT2D eigenvalue weighted by Gasteiger charge is 2.35. The molecule has 6 nitrogen and oxygen atoms in total. The van der Waals surface area contributed by atoms with Gasteiger partial charge in [-0.15, -0.1) is 0 Å². The summed E-state index contributed by atoms with van der Waals surface area (Å²) in [5.74, 6) is 1.60. The van der Waals surface area contributed by atoms with Gasteiger partial charge in [-0.05, 0) is 138 Å². The number of benzene rings is 4. The van der Waals surface area contributed by atoms with Crippen LogP contribution in [0.25, 0.3) is 0 Å². The van der Waals surface area contributed by atoms with Crippen molar-refractivity contribution < 1.29 is 27.9 Å². The SMILES string of the molecule is COP(Oc1c(C)cc(C(C)(C)C)cc1C(C)(C)C)Oc1c(C)cc(C(C)(C)C)cc1C(C)(C)C.Cc1cc(C(C)(C)C)cc(C(C)(C)C)c1C(COP(O)O)c1c(C)cc(C(C)(C)C)cc1C(C)(C)C. The number of aryl methyl sites for hydroxylation is 4. The van der Waals surface area contributed by atoms with Gasteiger partial charge in [0.25, 0.3) is 0 Å². The summed E-state index contributed by atoms with van der Waals surface area (Å²) in [6.07, 6.45) is 0. The minimum Gasteiger partial charge on any atom is -0.417 e. The van der Waals surface area contributed by atoms with Crippen LogP contribution >= 0.6 is 17.2 Å². The molecule has 0 atom stereocenters. The molecular formula is C63H100O6P2. The summed E-state index contributed by atoms with van der Waals surface area (Å²) < 4.78 is 24.6. The van der Waals surface area contributed by atoms with Gasteiger partial charge in [0.1, 0.15) is 11.5 Å². The van der Waals surface area contributed by atoms with E-state index in [0.29, 0.717) is 0 Å². The molecule has 0 amide bonds. The second-order valence-electron chi connectivity index (χ2n) is 28.5. The normalized spacial score (nSPS) is 13.5. The van der Waals surface area contributed by atoms with Crippen LogP contribution in [0.4, 0.5) is 0 Å². The van der Waals surface area contributed by atoms with Crippen LogP contribution in [-0.4, -0.2) is 23.5 Å². The topological polar surface area (TPSA) is 77.4 Å². The van der Waals surface area contributed by atoms with E-state index in [-0.39, 0.29) is 55.8 Å². The van der Waals surface area contributed by atoms with E-state index in [9.17, 15) is 9.79 Å². The Morgan fingerprint density at radius 1 is 0.380 bits per heavy atom. The quantitative estimate of drug-likeness (QED) is 0.154. The van der Waals surface area contributed by atoms with Crippen molar-refractivity contribution in [2.45, 2.75) is 243 Å². The van der Waals surface area contributed by atoms with Crippen LogP contribution < -0.4 is 9.05 Å². The van der Waals surface area contributed by atoms with Crippen LogP contribution in [-0.2, 0) is 52.4 Å². The Kier molecular flexibility index (Phi) is 19.5. The van der Waals surface area contributed by atoms with Gasteiger partial charge in [0, 0.05) is 24.2 Å². The zero-order valence-electron chi connectivity index (χ0n) is 50.3. The minimum atomic E-state index is -2.46. The molecule has 4 aromatic rings. The first-order chi connectivity index (χ1) is 31.7. The van der Waals surface area contributed by atoms with Gasteiger partial charge in [0.15, 0.2) is 0 Å². The molecule has 0 aromatic heterocycles. The summed E-state index contributed by atoms with van der Waals surface area (Å²) in [6, 6.07) is 18.4. The van der Waals surface area contributed by atoms with Crippen molar-refractivity contribution in [1.29, 1.82) is 0 Å². The molecule has 0 aliphatic heterocycles. The number of hydrogen-bond acceptors (Lipinski definition) is 6. The fourth-order valence-corrected chi connectivity index (χ4v) is 10.3. The zero-order valence-corrected chi connectivity index (χ0v) is 52.1. The molecule has 0 aliphatic carbocycles. The molecule has 0 unspecified atom stereocenters. The van der Waals surface area contributed by atoms with Crippen molar-refractivity contribution in [3.63, 3.8) is 0 Å². The predicted molar refractivity (Wildman–Crippen MR) is 309 cm³/mol. The van der Waals surface area contributed by atoms with Crippen LogP contribution in [0.1, 0.15) is 250 Å². The van der Waals surface area contributed by atoms with E-state index in [1.54, 1.807) is 7.11 Å². The molecular weight excluding hydrogens is 915 g/mol. The van der Waals surface area contributed by atoms with Crippen molar-refractivity contribution >= 4 is 17.2 Å². The largest absolute Gasteiger partial charge is 0.462 e. The average Bonchev–Trinajstić information content (AvgIpc) is 3.16. The second kappa shape index (κ2) is 22.2. The molecule has 2 N–H and O–H groups in total. The molecule has 71 heavy (non-hydrogen) atoms. The molecule has 4 aromatic carbocycles. The monoisotopic (exact) mass is 1010 g/mol. The van der Waals surface area contributed by atoms with E-state index in [4.69, 9.17) is 18.1 Å². The van der Waals surface area contributed by atoms with Crippen molar-refractivity contribution in [2.75, 3.05) is 13.7 Å². The Morgan fingerprint density at radius 2 is 0.634 bits per heavy atom. The maximum Gasteiger partial charge on any atom is 0.462 e. The molecule has 0 heterocycles. The summed E-state index contributed by atoms with van der Waals surface area (Å²) in [7, 11) is -2.44. The summed E-state index contributed by atoms with van der Waals surface area (Å²) in [4.78, 5) is 19.6. The van der Waals surface area contributed by atoms with E-state index in [2.05, 4.69) is 242 Å². The van der Waals surface area contributed by atoms with Gasteiger partial charge in [-0.1, -0.05) is 215 Å². The van der Waals surface area contributed by atoms with Gasteiger partial charge in [0.05, 0.1) is 6.61 Å². The smallest absolute Gasteiger partial charge is 0.417 e. The molecule has 4 rings (SSSR count). The third-order valence-corrected chi connectivity index (χ3v) is 14.9. The first kappa shape index (κ1) is 62.5. The lowest BCUT2D eigenvalue weighted by Gasteiger charge is -2.36. The highest BCUT2D eigenvalue weighted by molar-refractivity contribution is 7.42. The van der Waals surface area contributed by atoms with E-state index < -0.39 is 17.2 Å². The molecule has 0 fully saturated rings. The van der Waals surface area contributed by atoms with Gasteiger partial charge in [-0.3, -0.25) is 4.52 Å². The van der Waals surface area contributed by atoms with Gasteiger partial charge in [0.2, 0.25) is 0 Å². The molecule has 8 heteroatoms. The van der Waals surface area contributed by atoms with E-state index in [0.717, 1.165) is 22.6 Å². The summed E-state index contributed by atoms with van der Waals surface area (Å²) >= 11 is 0. The molecule has 0 saturated heterocycles. The van der Waals surface area contributed by atoms with Crippen molar-refractivity contribution in [3.05, 3.63) is 126 Å². The van der Waals surface area contributed by atoms with Crippen LogP contribution in [0.15, 0.2) is 48.5 Å². The highest BCUT2D eigenvalue weighted by Crippen LogP contribution is 2.51. The highest BCUT2D eigenvalue weighted by atomic mass is 31.2. The summed E-state index contributed by atoms with van der Waals surface area (Å²) in [6.45, 7) is 62.8. The maximum absolute atomic E-state index is 9.79. The van der Waals surface area contributed by atoms with E-state index >= 15 is 0 Å². The Hall–Kier alpha value is -2.82. The lowest BCUT2D eigenvalue weighted by Crippen LogP contribution is -2.26. The van der Waals surface area contributed by atoms with Crippen LogP contribution in [0.3, 0.4) is 0 Å². The van der Waals surface area contributed by atoms with Gasteiger partial charge in [-0.25, -0.2) is 0 Å². The zero-order chi connectivity index (χ0) is 55.2.